The fourth-order valence-corrected chi connectivity index (χ4v) is 5.32. The van der Waals surface area contributed by atoms with E-state index in [9.17, 15) is 4.79 Å². The van der Waals surface area contributed by atoms with Crippen LogP contribution in [0.5, 0.6) is 0 Å². The minimum absolute atomic E-state index is 0.128. The fourth-order valence-electron chi connectivity index (χ4n) is 5.04. The Morgan fingerprint density at radius 2 is 1.86 bits per heavy atom. The Bertz CT molecular complexity index is 1480. The second kappa shape index (κ2) is 10.9. The number of hydrogen-bond donors (Lipinski definition) is 1. The van der Waals surface area contributed by atoms with Crippen molar-refractivity contribution in [2.45, 2.75) is 39.7 Å². The van der Waals surface area contributed by atoms with E-state index in [2.05, 4.69) is 32.2 Å². The van der Waals surface area contributed by atoms with E-state index in [0.717, 1.165) is 54.3 Å². The minimum atomic E-state index is -0.128. The molecule has 0 bridgehead atoms. The van der Waals surface area contributed by atoms with Crippen LogP contribution in [0.1, 0.15) is 31.9 Å². The van der Waals surface area contributed by atoms with Gasteiger partial charge in [-0.1, -0.05) is 23.7 Å². The first-order valence-corrected chi connectivity index (χ1v) is 13.2. The number of anilines is 1. The van der Waals surface area contributed by atoms with Gasteiger partial charge in [0.15, 0.2) is 0 Å². The summed E-state index contributed by atoms with van der Waals surface area (Å²) < 4.78 is 1.69. The Morgan fingerprint density at radius 1 is 1.08 bits per heavy atom. The van der Waals surface area contributed by atoms with Gasteiger partial charge in [0.2, 0.25) is 5.95 Å². The van der Waals surface area contributed by atoms with Crippen LogP contribution in [0.25, 0.3) is 33.4 Å². The van der Waals surface area contributed by atoms with E-state index in [-0.39, 0.29) is 5.56 Å². The zero-order valence-electron chi connectivity index (χ0n) is 21.5. The van der Waals surface area contributed by atoms with Gasteiger partial charge in [-0.05, 0) is 71.3 Å². The Morgan fingerprint density at radius 3 is 2.59 bits per heavy atom. The average molecular weight is 518 g/mol. The third-order valence-electron chi connectivity index (χ3n) is 7.23. The van der Waals surface area contributed by atoms with Crippen LogP contribution in [-0.2, 0) is 6.54 Å². The molecule has 5 rings (SSSR count). The molecule has 0 radical (unpaired) electrons. The molecule has 9 heteroatoms. The molecule has 37 heavy (non-hydrogen) atoms. The molecule has 4 aromatic rings. The van der Waals surface area contributed by atoms with Crippen molar-refractivity contribution in [2.24, 2.45) is 5.92 Å². The van der Waals surface area contributed by atoms with Crippen molar-refractivity contribution in [3.05, 3.63) is 63.9 Å². The molecular formula is C28H32ClN7O. The summed E-state index contributed by atoms with van der Waals surface area (Å²) in [6.45, 7) is 7.49. The molecule has 0 aliphatic carbocycles. The van der Waals surface area contributed by atoms with Gasteiger partial charge in [0, 0.05) is 58.8 Å². The number of rotatable bonds is 7. The van der Waals surface area contributed by atoms with Crippen LogP contribution in [0.15, 0.2) is 47.7 Å². The Hall–Kier alpha value is -3.36. The predicted octanol–water partition coefficient (Wildman–Crippen LogP) is 5.04. The molecule has 0 saturated carbocycles. The summed E-state index contributed by atoms with van der Waals surface area (Å²) in [5, 5.41) is 4.64. The van der Waals surface area contributed by atoms with Gasteiger partial charge in [0.25, 0.3) is 5.56 Å². The molecule has 1 N–H and O–H groups in total. The summed E-state index contributed by atoms with van der Waals surface area (Å²) in [5.41, 5.74) is 4.13. The van der Waals surface area contributed by atoms with E-state index in [1.165, 1.54) is 12.8 Å². The fraction of sp³-hybridized carbons (Fsp3) is 0.393. The minimum Gasteiger partial charge on any atom is -0.354 e. The predicted molar refractivity (Wildman–Crippen MR) is 149 cm³/mol. The number of fused-ring (bicyclic) bond motifs is 1. The molecule has 8 nitrogen and oxygen atoms in total. The number of nitrogens with zero attached hydrogens (tertiary/aromatic N) is 6. The molecule has 3 aromatic heterocycles. The molecule has 0 amide bonds. The van der Waals surface area contributed by atoms with E-state index in [1.807, 2.05) is 38.1 Å². The lowest BCUT2D eigenvalue weighted by atomic mass is 9.94. The van der Waals surface area contributed by atoms with Crippen LogP contribution in [0, 0.1) is 12.8 Å². The molecule has 1 saturated heterocycles. The monoisotopic (exact) mass is 517 g/mol. The van der Waals surface area contributed by atoms with Gasteiger partial charge in [-0.25, -0.2) is 4.98 Å². The van der Waals surface area contributed by atoms with Crippen molar-refractivity contribution in [3.63, 3.8) is 0 Å². The molecule has 0 spiro atoms. The molecule has 1 aromatic carbocycles. The van der Waals surface area contributed by atoms with Crippen molar-refractivity contribution in [1.29, 1.82) is 0 Å². The van der Waals surface area contributed by atoms with Crippen LogP contribution in [0.2, 0.25) is 5.02 Å². The summed E-state index contributed by atoms with van der Waals surface area (Å²) in [4.78, 5) is 33.9. The highest BCUT2D eigenvalue weighted by Gasteiger charge is 2.18. The van der Waals surface area contributed by atoms with Gasteiger partial charge >= 0.3 is 0 Å². The topological polar surface area (TPSA) is 88.8 Å². The number of piperidine rings is 1. The summed E-state index contributed by atoms with van der Waals surface area (Å²) in [6, 6.07) is 7.46. The molecule has 0 atom stereocenters. The molecular weight excluding hydrogens is 486 g/mol. The largest absolute Gasteiger partial charge is 0.354 e. The SMILES string of the molecule is CCn1c(=O)c(-c2ccc(-c3nccnc3C)cc2Cl)cc2cnc(NCCC3CCN(C)CC3)nc21. The second-order valence-corrected chi connectivity index (χ2v) is 10.1. The van der Waals surface area contributed by atoms with Gasteiger partial charge in [0.05, 0.1) is 11.4 Å². The Labute approximate surface area is 221 Å². The van der Waals surface area contributed by atoms with Gasteiger partial charge < -0.3 is 10.2 Å². The van der Waals surface area contributed by atoms with Crippen LogP contribution in [-0.4, -0.2) is 56.1 Å². The van der Waals surface area contributed by atoms with Crippen molar-refractivity contribution in [2.75, 3.05) is 32.0 Å². The normalized spacial score (nSPS) is 14.8. The van der Waals surface area contributed by atoms with Gasteiger partial charge in [-0.2, -0.15) is 4.98 Å². The maximum absolute atomic E-state index is 13.5. The van der Waals surface area contributed by atoms with Crippen LogP contribution >= 0.6 is 11.6 Å². The smallest absolute Gasteiger partial charge is 0.260 e. The molecule has 4 heterocycles. The summed E-state index contributed by atoms with van der Waals surface area (Å²) in [6.07, 6.45) is 8.66. The van der Waals surface area contributed by atoms with Crippen molar-refractivity contribution >= 4 is 28.6 Å². The van der Waals surface area contributed by atoms with Crippen LogP contribution in [0.4, 0.5) is 5.95 Å². The maximum atomic E-state index is 13.5. The van der Waals surface area contributed by atoms with Crippen LogP contribution < -0.4 is 10.9 Å². The number of aryl methyl sites for hydroxylation is 2. The van der Waals surface area contributed by atoms with Gasteiger partial charge in [-0.3, -0.25) is 19.3 Å². The first kappa shape index (κ1) is 25.3. The van der Waals surface area contributed by atoms with E-state index in [0.29, 0.717) is 34.3 Å². The number of pyridine rings is 1. The summed E-state index contributed by atoms with van der Waals surface area (Å²) in [5.74, 6) is 1.28. The van der Waals surface area contributed by atoms with E-state index in [4.69, 9.17) is 16.6 Å². The van der Waals surface area contributed by atoms with E-state index >= 15 is 0 Å². The summed E-state index contributed by atoms with van der Waals surface area (Å²) in [7, 11) is 2.18. The highest BCUT2D eigenvalue weighted by atomic mass is 35.5. The van der Waals surface area contributed by atoms with E-state index in [1.54, 1.807) is 23.2 Å². The number of likely N-dealkylation sites (tertiary alicyclic amines) is 1. The van der Waals surface area contributed by atoms with Gasteiger partial charge in [0.1, 0.15) is 5.65 Å². The van der Waals surface area contributed by atoms with Crippen molar-refractivity contribution in [1.82, 2.24) is 29.4 Å². The zero-order valence-corrected chi connectivity index (χ0v) is 22.3. The standard InChI is InChI=1S/C28H32ClN7O/c1-4-36-26-21(17-33-28(34-26)32-10-7-19-8-13-35(3)14-9-19)15-23(27(36)37)22-6-5-20(16-24(22)29)25-18(2)30-11-12-31-25/h5-6,11-12,15-17,19H,4,7-10,13-14H2,1-3H3,(H,32,33,34). The molecule has 1 aliphatic rings. The Balaban J connectivity index is 1.41. The maximum Gasteiger partial charge on any atom is 0.260 e. The zero-order chi connectivity index (χ0) is 25.9. The molecule has 1 fully saturated rings. The van der Waals surface area contributed by atoms with Gasteiger partial charge in [-0.15, -0.1) is 0 Å². The highest BCUT2D eigenvalue weighted by molar-refractivity contribution is 6.33. The van der Waals surface area contributed by atoms with Crippen molar-refractivity contribution in [3.8, 4) is 22.4 Å². The number of benzene rings is 1. The number of halogens is 1. The first-order valence-electron chi connectivity index (χ1n) is 12.9. The molecule has 0 unspecified atom stereocenters. The second-order valence-electron chi connectivity index (χ2n) is 9.73. The lowest BCUT2D eigenvalue weighted by Crippen LogP contribution is -2.31. The van der Waals surface area contributed by atoms with Crippen LogP contribution in [0.3, 0.4) is 0 Å². The third kappa shape index (κ3) is 5.36. The number of nitrogens with one attached hydrogen (secondary N) is 1. The summed E-state index contributed by atoms with van der Waals surface area (Å²) >= 11 is 6.70. The molecule has 192 valence electrons. The number of aromatic nitrogens is 5. The molecule has 1 aliphatic heterocycles. The Kier molecular flexibility index (Phi) is 7.48. The van der Waals surface area contributed by atoms with Crippen molar-refractivity contribution < 1.29 is 0 Å². The highest BCUT2D eigenvalue weighted by Crippen LogP contribution is 2.32. The first-order chi connectivity index (χ1) is 17.9. The lowest BCUT2D eigenvalue weighted by molar-refractivity contribution is 0.215. The van der Waals surface area contributed by atoms with E-state index < -0.39 is 0 Å². The number of hydrogen-bond acceptors (Lipinski definition) is 7. The quantitative estimate of drug-likeness (QED) is 0.367. The third-order valence-corrected chi connectivity index (χ3v) is 7.54. The average Bonchev–Trinajstić information content (AvgIpc) is 2.90. The lowest BCUT2D eigenvalue weighted by Gasteiger charge is -2.28.